The van der Waals surface area contributed by atoms with Gasteiger partial charge >= 0.3 is 18.0 Å². The van der Waals surface area contributed by atoms with Gasteiger partial charge in [-0.05, 0) is 44.7 Å². The zero-order chi connectivity index (χ0) is 22.2. The first kappa shape index (κ1) is 22.6. The van der Waals surface area contributed by atoms with Crippen molar-refractivity contribution in [1.29, 1.82) is 0 Å². The molecular weight excluding hydrogens is 400 g/mol. The molecule has 31 heavy (non-hydrogen) atoms. The van der Waals surface area contributed by atoms with Gasteiger partial charge in [0.25, 0.3) is 5.91 Å². The second-order valence-corrected chi connectivity index (χ2v) is 8.08. The minimum absolute atomic E-state index is 0.0925. The highest BCUT2D eigenvalue weighted by Gasteiger charge is 2.31. The zero-order valence-corrected chi connectivity index (χ0v) is 17.8. The van der Waals surface area contributed by atoms with E-state index in [1.54, 1.807) is 4.90 Å². The number of imide groups is 1. The zero-order valence-electron chi connectivity index (χ0n) is 17.8. The van der Waals surface area contributed by atoms with Crippen LogP contribution in [0.25, 0.3) is 0 Å². The monoisotopic (exact) mass is 430 g/mol. The van der Waals surface area contributed by atoms with E-state index in [4.69, 9.17) is 4.74 Å². The van der Waals surface area contributed by atoms with E-state index in [-0.39, 0.29) is 18.0 Å². The summed E-state index contributed by atoms with van der Waals surface area (Å²) in [5.41, 5.74) is 0.714. The summed E-state index contributed by atoms with van der Waals surface area (Å²) < 4.78 is 5.26. The standard InChI is InChI=1S/C22H30N4O5/c1-15(19(27)25-21(29)23-17-9-5-6-10-17)31-20(28)16-11-13-26(14-12-16)22(30)24-18-7-3-2-4-8-18/h2-4,7-8,15-17H,5-6,9-14H2,1H3,(H,24,30)(H2,23,25,27,29). The summed E-state index contributed by atoms with van der Waals surface area (Å²) in [5.74, 6) is -1.52. The first-order chi connectivity index (χ1) is 14.9. The van der Waals surface area contributed by atoms with Crippen LogP contribution in [0.5, 0.6) is 0 Å². The number of ether oxygens (including phenoxy) is 1. The van der Waals surface area contributed by atoms with Crippen LogP contribution in [-0.4, -0.2) is 54.1 Å². The SMILES string of the molecule is CC(OC(=O)C1CCN(C(=O)Nc2ccccc2)CC1)C(=O)NC(=O)NC1CCCC1. The summed E-state index contributed by atoms with van der Waals surface area (Å²) in [5, 5.41) is 7.82. The molecule has 1 aromatic rings. The summed E-state index contributed by atoms with van der Waals surface area (Å²) in [6.45, 7) is 2.28. The van der Waals surface area contributed by atoms with Gasteiger partial charge in [0.15, 0.2) is 6.10 Å². The number of urea groups is 2. The molecule has 1 aromatic carbocycles. The van der Waals surface area contributed by atoms with Gasteiger partial charge in [-0.1, -0.05) is 31.0 Å². The Balaban J connectivity index is 1.38. The molecule has 9 heteroatoms. The minimum atomic E-state index is -1.07. The van der Waals surface area contributed by atoms with Crippen LogP contribution in [0.1, 0.15) is 45.4 Å². The van der Waals surface area contributed by atoms with Crippen molar-refractivity contribution in [2.75, 3.05) is 18.4 Å². The molecule has 2 fully saturated rings. The van der Waals surface area contributed by atoms with Crippen LogP contribution in [-0.2, 0) is 14.3 Å². The van der Waals surface area contributed by atoms with Crippen molar-refractivity contribution in [1.82, 2.24) is 15.5 Å². The second kappa shape index (κ2) is 10.8. The predicted octanol–water partition coefficient (Wildman–Crippen LogP) is 2.63. The number of rotatable bonds is 5. The molecule has 0 bridgehead atoms. The fraction of sp³-hybridized carbons (Fsp3) is 0.545. The Labute approximate surface area is 181 Å². The summed E-state index contributed by atoms with van der Waals surface area (Å²) in [6.07, 6.45) is 3.80. The number of hydrogen-bond acceptors (Lipinski definition) is 5. The Bertz CT molecular complexity index is 786. The third kappa shape index (κ3) is 6.70. The molecule has 1 saturated carbocycles. The number of carbonyl (C=O) groups is 4. The van der Waals surface area contributed by atoms with Crippen LogP contribution in [0.15, 0.2) is 30.3 Å². The first-order valence-electron chi connectivity index (χ1n) is 10.8. The van der Waals surface area contributed by atoms with E-state index in [2.05, 4.69) is 16.0 Å². The number of hydrogen-bond donors (Lipinski definition) is 3. The number of nitrogens with zero attached hydrogens (tertiary/aromatic N) is 1. The Morgan fingerprint density at radius 3 is 2.29 bits per heavy atom. The van der Waals surface area contributed by atoms with Crippen molar-refractivity contribution < 1.29 is 23.9 Å². The number of piperidine rings is 1. The highest BCUT2D eigenvalue weighted by atomic mass is 16.5. The van der Waals surface area contributed by atoms with Gasteiger partial charge in [0.2, 0.25) is 0 Å². The molecule has 1 saturated heterocycles. The molecule has 0 aromatic heterocycles. The molecular formula is C22H30N4O5. The highest BCUT2D eigenvalue weighted by Crippen LogP contribution is 2.20. The van der Waals surface area contributed by atoms with Gasteiger partial charge in [-0.15, -0.1) is 0 Å². The number of benzene rings is 1. The van der Waals surface area contributed by atoms with E-state index in [0.717, 1.165) is 25.7 Å². The number of nitrogens with one attached hydrogen (secondary N) is 3. The third-order valence-electron chi connectivity index (χ3n) is 5.73. The van der Waals surface area contributed by atoms with Crippen molar-refractivity contribution in [3.8, 4) is 0 Å². The van der Waals surface area contributed by atoms with Crippen LogP contribution in [0, 0.1) is 5.92 Å². The topological polar surface area (TPSA) is 117 Å². The second-order valence-electron chi connectivity index (χ2n) is 8.08. The van der Waals surface area contributed by atoms with Gasteiger partial charge in [-0.3, -0.25) is 14.9 Å². The van der Waals surface area contributed by atoms with Crippen molar-refractivity contribution in [2.45, 2.75) is 57.6 Å². The largest absolute Gasteiger partial charge is 0.452 e. The lowest BCUT2D eigenvalue weighted by Crippen LogP contribution is -2.48. The van der Waals surface area contributed by atoms with Gasteiger partial charge in [-0.25, -0.2) is 9.59 Å². The van der Waals surface area contributed by atoms with Crippen LogP contribution >= 0.6 is 0 Å². The molecule has 9 nitrogen and oxygen atoms in total. The van der Waals surface area contributed by atoms with Crippen molar-refractivity contribution in [3.63, 3.8) is 0 Å². The molecule has 1 aliphatic carbocycles. The molecule has 2 aliphatic rings. The summed E-state index contributed by atoms with van der Waals surface area (Å²) >= 11 is 0. The third-order valence-corrected chi connectivity index (χ3v) is 5.73. The van der Waals surface area contributed by atoms with Crippen LogP contribution in [0.3, 0.4) is 0 Å². The van der Waals surface area contributed by atoms with E-state index in [0.29, 0.717) is 31.6 Å². The number of anilines is 1. The average molecular weight is 431 g/mol. The first-order valence-corrected chi connectivity index (χ1v) is 10.8. The van der Waals surface area contributed by atoms with Gasteiger partial charge in [0, 0.05) is 24.8 Å². The molecule has 1 heterocycles. The molecule has 0 spiro atoms. The van der Waals surface area contributed by atoms with E-state index in [9.17, 15) is 19.2 Å². The molecule has 168 valence electrons. The fourth-order valence-corrected chi connectivity index (χ4v) is 3.87. The number of likely N-dealkylation sites (tertiary alicyclic amines) is 1. The van der Waals surface area contributed by atoms with E-state index >= 15 is 0 Å². The van der Waals surface area contributed by atoms with Gasteiger partial charge < -0.3 is 20.3 Å². The summed E-state index contributed by atoms with van der Waals surface area (Å²) in [7, 11) is 0. The lowest BCUT2D eigenvalue weighted by molar-refractivity contribution is -0.159. The van der Waals surface area contributed by atoms with Crippen LogP contribution in [0.2, 0.25) is 0 Å². The maximum Gasteiger partial charge on any atom is 0.321 e. The maximum absolute atomic E-state index is 12.4. The van der Waals surface area contributed by atoms with E-state index in [1.165, 1.54) is 6.92 Å². The predicted molar refractivity (Wildman–Crippen MR) is 114 cm³/mol. The van der Waals surface area contributed by atoms with Crippen molar-refractivity contribution >= 4 is 29.6 Å². The summed E-state index contributed by atoms with van der Waals surface area (Å²) in [4.78, 5) is 50.5. The number of amides is 5. The molecule has 3 N–H and O–H groups in total. The maximum atomic E-state index is 12.4. The van der Waals surface area contributed by atoms with Gasteiger partial charge in [0.1, 0.15) is 0 Å². The Morgan fingerprint density at radius 1 is 1.00 bits per heavy atom. The molecule has 1 unspecified atom stereocenters. The Morgan fingerprint density at radius 2 is 1.65 bits per heavy atom. The molecule has 3 rings (SSSR count). The Kier molecular flexibility index (Phi) is 7.86. The normalized spacial score (nSPS) is 18.2. The lowest BCUT2D eigenvalue weighted by atomic mass is 9.97. The van der Waals surface area contributed by atoms with Crippen LogP contribution < -0.4 is 16.0 Å². The van der Waals surface area contributed by atoms with Crippen LogP contribution in [0.4, 0.5) is 15.3 Å². The average Bonchev–Trinajstić information content (AvgIpc) is 3.27. The quantitative estimate of drug-likeness (QED) is 0.621. The number of carbonyl (C=O) groups excluding carboxylic acids is 4. The lowest BCUT2D eigenvalue weighted by Gasteiger charge is -2.31. The molecule has 1 aliphatic heterocycles. The molecule has 1 atom stereocenters. The van der Waals surface area contributed by atoms with E-state index < -0.39 is 24.0 Å². The minimum Gasteiger partial charge on any atom is -0.452 e. The Hall–Kier alpha value is -3.10. The molecule has 0 radical (unpaired) electrons. The van der Waals surface area contributed by atoms with Gasteiger partial charge in [0.05, 0.1) is 5.92 Å². The summed E-state index contributed by atoms with van der Waals surface area (Å²) in [6, 6.07) is 8.49. The van der Waals surface area contributed by atoms with E-state index in [1.807, 2.05) is 30.3 Å². The van der Waals surface area contributed by atoms with Crippen molar-refractivity contribution in [3.05, 3.63) is 30.3 Å². The fourth-order valence-electron chi connectivity index (χ4n) is 3.87. The van der Waals surface area contributed by atoms with Gasteiger partial charge in [-0.2, -0.15) is 0 Å². The van der Waals surface area contributed by atoms with Crippen molar-refractivity contribution in [2.24, 2.45) is 5.92 Å². The molecule has 5 amide bonds. The smallest absolute Gasteiger partial charge is 0.321 e. The number of esters is 1. The highest BCUT2D eigenvalue weighted by molar-refractivity contribution is 5.97. The number of para-hydroxylation sites is 1.